The van der Waals surface area contributed by atoms with E-state index in [-0.39, 0.29) is 30.0 Å². The van der Waals surface area contributed by atoms with Gasteiger partial charge in [-0.2, -0.15) is 0 Å². The topological polar surface area (TPSA) is 87.2 Å². The number of hydrogen-bond acceptors (Lipinski definition) is 6. The molecule has 148 valence electrons. The smallest absolute Gasteiger partial charge is 0.237 e. The lowest BCUT2D eigenvalue weighted by molar-refractivity contribution is -0.117. The number of fused-ring (bicyclic) bond motifs is 2. The van der Waals surface area contributed by atoms with Gasteiger partial charge >= 0.3 is 0 Å². The molecule has 1 aromatic heterocycles. The van der Waals surface area contributed by atoms with Crippen molar-refractivity contribution < 1.29 is 9.59 Å². The fourth-order valence-electron chi connectivity index (χ4n) is 3.47. The van der Waals surface area contributed by atoms with Crippen molar-refractivity contribution >= 4 is 51.7 Å². The first-order valence-corrected chi connectivity index (χ1v) is 10.3. The third kappa shape index (κ3) is 3.88. The molecular formula is C21H21N5O2S. The zero-order chi connectivity index (χ0) is 20.4. The highest BCUT2D eigenvalue weighted by molar-refractivity contribution is 7.99. The Morgan fingerprint density at radius 2 is 1.97 bits per heavy atom. The number of nitrogens with one attached hydrogen (secondary N) is 2. The number of amides is 2. The van der Waals surface area contributed by atoms with Gasteiger partial charge in [-0.25, -0.2) is 9.97 Å². The van der Waals surface area contributed by atoms with Crippen molar-refractivity contribution in [2.75, 3.05) is 28.3 Å². The molecule has 0 aliphatic carbocycles. The molecule has 0 unspecified atom stereocenters. The molecule has 4 rings (SSSR count). The number of carbonyl (C=O) groups is 2. The van der Waals surface area contributed by atoms with Crippen LogP contribution in [-0.2, 0) is 9.59 Å². The third-order valence-electron chi connectivity index (χ3n) is 4.77. The van der Waals surface area contributed by atoms with Crippen LogP contribution in [0, 0.1) is 0 Å². The van der Waals surface area contributed by atoms with Gasteiger partial charge in [0.2, 0.25) is 11.8 Å². The van der Waals surface area contributed by atoms with Crippen molar-refractivity contribution in [3.8, 4) is 0 Å². The van der Waals surface area contributed by atoms with Gasteiger partial charge in [-0.05, 0) is 31.2 Å². The largest absolute Gasteiger partial charge is 0.372 e. The normalized spacial score (nSPS) is 16.1. The zero-order valence-corrected chi connectivity index (χ0v) is 17.0. The van der Waals surface area contributed by atoms with Crippen molar-refractivity contribution in [3.63, 3.8) is 0 Å². The Labute approximate surface area is 172 Å². The predicted octanol–water partition coefficient (Wildman–Crippen LogP) is 3.53. The van der Waals surface area contributed by atoms with Crippen LogP contribution >= 0.6 is 11.8 Å². The minimum atomic E-state index is -0.239. The maximum Gasteiger partial charge on any atom is 0.237 e. The van der Waals surface area contributed by atoms with Gasteiger partial charge < -0.3 is 15.5 Å². The molecule has 2 aromatic carbocycles. The van der Waals surface area contributed by atoms with Crippen LogP contribution in [0.1, 0.15) is 13.3 Å². The van der Waals surface area contributed by atoms with Crippen LogP contribution in [0.5, 0.6) is 0 Å². The van der Waals surface area contributed by atoms with Gasteiger partial charge in [-0.15, -0.1) is 0 Å². The summed E-state index contributed by atoms with van der Waals surface area (Å²) in [6, 6.07) is 14.9. The van der Waals surface area contributed by atoms with E-state index in [2.05, 4.69) is 20.6 Å². The van der Waals surface area contributed by atoms with Crippen LogP contribution in [0.3, 0.4) is 0 Å². The van der Waals surface area contributed by atoms with Crippen LogP contribution in [-0.4, -0.2) is 40.6 Å². The second-order valence-electron chi connectivity index (χ2n) is 6.79. The van der Waals surface area contributed by atoms with Crippen molar-refractivity contribution in [2.45, 2.75) is 24.5 Å². The highest BCUT2D eigenvalue weighted by Gasteiger charge is 2.29. The number of benzene rings is 2. The standard InChI is InChI=1S/C21H21N5O2S/c1-13-11-18(27)23-16-9-5-6-10-17(16)26(13)19(28)12-29-21-24-15-8-4-3-7-14(15)20(22-2)25-21/h3-10,13H,11-12H2,1-2H3,(H,23,27)(H,22,24,25)/t13-/m1/s1. The number of hydrogen-bond donors (Lipinski definition) is 2. The Kier molecular flexibility index (Phi) is 5.35. The molecule has 29 heavy (non-hydrogen) atoms. The van der Waals surface area contributed by atoms with Gasteiger partial charge in [0.05, 0.1) is 22.6 Å². The summed E-state index contributed by atoms with van der Waals surface area (Å²) in [4.78, 5) is 36.0. The van der Waals surface area contributed by atoms with Gasteiger partial charge in [-0.1, -0.05) is 36.0 Å². The molecule has 0 saturated heterocycles. The van der Waals surface area contributed by atoms with Gasteiger partial charge in [-0.3, -0.25) is 9.59 Å². The Morgan fingerprint density at radius 1 is 1.21 bits per heavy atom. The molecule has 0 radical (unpaired) electrons. The van der Waals surface area contributed by atoms with E-state index in [4.69, 9.17) is 0 Å². The molecule has 0 bridgehead atoms. The number of para-hydroxylation sites is 3. The van der Waals surface area contributed by atoms with Gasteiger partial charge in [0.15, 0.2) is 5.16 Å². The van der Waals surface area contributed by atoms with Crippen LogP contribution < -0.4 is 15.5 Å². The second kappa shape index (κ2) is 8.08. The number of carbonyl (C=O) groups excluding carboxylic acids is 2. The Balaban J connectivity index is 1.58. The van der Waals surface area contributed by atoms with Gasteiger partial charge in [0, 0.05) is 24.9 Å². The molecule has 1 aliphatic rings. The Hall–Kier alpha value is -3.13. The molecule has 0 fully saturated rings. The van der Waals surface area contributed by atoms with Gasteiger partial charge in [0.1, 0.15) is 5.82 Å². The quantitative estimate of drug-likeness (QED) is 0.508. The molecule has 2 heterocycles. The van der Waals surface area contributed by atoms with Crippen LogP contribution in [0.25, 0.3) is 10.9 Å². The van der Waals surface area contributed by atoms with Crippen molar-refractivity contribution in [1.29, 1.82) is 0 Å². The molecular weight excluding hydrogens is 386 g/mol. The average molecular weight is 407 g/mol. The first-order valence-electron chi connectivity index (χ1n) is 9.35. The highest BCUT2D eigenvalue weighted by atomic mass is 32.2. The fraction of sp³-hybridized carbons (Fsp3) is 0.238. The minimum absolute atomic E-state index is 0.0887. The molecule has 1 aliphatic heterocycles. The monoisotopic (exact) mass is 407 g/mol. The maximum atomic E-state index is 13.1. The lowest BCUT2D eigenvalue weighted by atomic mass is 10.2. The molecule has 2 amide bonds. The molecule has 2 N–H and O–H groups in total. The first-order chi connectivity index (χ1) is 14.1. The summed E-state index contributed by atoms with van der Waals surface area (Å²) in [6.07, 6.45) is 0.251. The minimum Gasteiger partial charge on any atom is -0.372 e. The molecule has 1 atom stereocenters. The second-order valence-corrected chi connectivity index (χ2v) is 7.74. The van der Waals surface area contributed by atoms with Crippen LogP contribution in [0.15, 0.2) is 53.7 Å². The van der Waals surface area contributed by atoms with Gasteiger partial charge in [0.25, 0.3) is 0 Å². The molecule has 0 spiro atoms. The van der Waals surface area contributed by atoms with E-state index in [1.165, 1.54) is 11.8 Å². The lowest BCUT2D eigenvalue weighted by Gasteiger charge is -2.27. The average Bonchev–Trinajstić information content (AvgIpc) is 2.85. The SMILES string of the molecule is CNc1nc(SCC(=O)N2c3ccccc3NC(=O)C[C@H]2C)nc2ccccc12. The van der Waals surface area contributed by atoms with Crippen LogP contribution in [0.4, 0.5) is 17.2 Å². The fourth-order valence-corrected chi connectivity index (χ4v) is 4.18. The van der Waals surface area contributed by atoms with E-state index in [1.54, 1.807) is 4.90 Å². The molecule has 7 nitrogen and oxygen atoms in total. The number of anilines is 3. The van der Waals surface area contributed by atoms with E-state index < -0.39 is 0 Å². The maximum absolute atomic E-state index is 13.1. The van der Waals surface area contributed by atoms with E-state index in [0.29, 0.717) is 16.5 Å². The van der Waals surface area contributed by atoms with Crippen molar-refractivity contribution in [1.82, 2.24) is 9.97 Å². The van der Waals surface area contributed by atoms with E-state index in [9.17, 15) is 9.59 Å². The summed E-state index contributed by atoms with van der Waals surface area (Å²) < 4.78 is 0. The Morgan fingerprint density at radius 3 is 2.79 bits per heavy atom. The summed E-state index contributed by atoms with van der Waals surface area (Å²) in [5, 5.41) is 7.43. The number of thioether (sulfide) groups is 1. The van der Waals surface area contributed by atoms with E-state index in [0.717, 1.165) is 16.7 Å². The number of nitrogens with zero attached hydrogens (tertiary/aromatic N) is 3. The zero-order valence-electron chi connectivity index (χ0n) is 16.2. The Bertz CT molecular complexity index is 1090. The summed E-state index contributed by atoms with van der Waals surface area (Å²) in [5.41, 5.74) is 2.19. The van der Waals surface area contributed by atoms with Crippen molar-refractivity contribution in [3.05, 3.63) is 48.5 Å². The van der Waals surface area contributed by atoms with E-state index in [1.807, 2.05) is 62.5 Å². The van der Waals surface area contributed by atoms with Crippen LogP contribution in [0.2, 0.25) is 0 Å². The number of rotatable bonds is 4. The summed E-state index contributed by atoms with van der Waals surface area (Å²) >= 11 is 1.29. The summed E-state index contributed by atoms with van der Waals surface area (Å²) in [6.45, 7) is 1.88. The highest BCUT2D eigenvalue weighted by Crippen LogP contribution is 2.32. The third-order valence-corrected chi connectivity index (χ3v) is 5.60. The first kappa shape index (κ1) is 19.2. The van der Waals surface area contributed by atoms with Crippen molar-refractivity contribution in [2.24, 2.45) is 0 Å². The lowest BCUT2D eigenvalue weighted by Crippen LogP contribution is -2.40. The molecule has 0 saturated carbocycles. The molecule has 8 heteroatoms. The summed E-state index contributed by atoms with van der Waals surface area (Å²) in [5.74, 6) is 0.724. The predicted molar refractivity (Wildman–Crippen MR) is 116 cm³/mol. The summed E-state index contributed by atoms with van der Waals surface area (Å²) in [7, 11) is 1.81. The molecule has 3 aromatic rings. The van der Waals surface area contributed by atoms with E-state index >= 15 is 0 Å². The number of aromatic nitrogens is 2.